The second-order valence-corrected chi connectivity index (χ2v) is 5.24. The van der Waals surface area contributed by atoms with E-state index in [-0.39, 0.29) is 5.56 Å². The highest BCUT2D eigenvalue weighted by Gasteiger charge is 2.18. The number of fused-ring (bicyclic) bond motifs is 1. The van der Waals surface area contributed by atoms with Gasteiger partial charge >= 0.3 is 5.97 Å². The smallest absolute Gasteiger partial charge is 0.337 e. The van der Waals surface area contributed by atoms with Gasteiger partial charge in [0, 0.05) is 11.8 Å². The van der Waals surface area contributed by atoms with Gasteiger partial charge < -0.3 is 5.11 Å². The van der Waals surface area contributed by atoms with Crippen molar-refractivity contribution >= 4 is 27.4 Å². The quantitative estimate of drug-likeness (QED) is 0.778. The number of hydrogen-bond acceptors (Lipinski definition) is 2. The van der Waals surface area contributed by atoms with Crippen LogP contribution in [-0.2, 0) is 0 Å². The van der Waals surface area contributed by atoms with E-state index in [1.807, 2.05) is 37.4 Å². The molecule has 0 aliphatic heterocycles. The number of carbonyl (C=O) groups is 1. The predicted molar refractivity (Wildman–Crippen MR) is 80.0 cm³/mol. The molecule has 0 saturated heterocycles. The number of nitrogens with zero attached hydrogens (tertiary/aromatic N) is 2. The van der Waals surface area contributed by atoms with Crippen molar-refractivity contribution in [1.82, 2.24) is 9.38 Å². The Morgan fingerprint density at radius 3 is 2.70 bits per heavy atom. The van der Waals surface area contributed by atoms with Gasteiger partial charge in [0.05, 0.1) is 11.1 Å². The predicted octanol–water partition coefficient (Wildman–Crippen LogP) is 3.77. The van der Waals surface area contributed by atoms with Crippen molar-refractivity contribution in [2.75, 3.05) is 0 Å². The third-order valence-corrected chi connectivity index (χ3v) is 3.79. The normalized spacial score (nSPS) is 10.9. The van der Waals surface area contributed by atoms with Crippen LogP contribution in [0.5, 0.6) is 0 Å². The lowest BCUT2D eigenvalue weighted by Gasteiger charge is -2.05. The summed E-state index contributed by atoms with van der Waals surface area (Å²) in [5, 5.41) is 9.28. The number of aromatic carboxylic acids is 1. The molecule has 0 unspecified atom stereocenters. The number of imidazole rings is 1. The Labute approximate surface area is 123 Å². The summed E-state index contributed by atoms with van der Waals surface area (Å²) in [6, 6.07) is 11.2. The van der Waals surface area contributed by atoms with E-state index in [9.17, 15) is 9.90 Å². The molecule has 3 aromatic rings. The first kappa shape index (κ1) is 12.9. The molecule has 2 heterocycles. The maximum Gasteiger partial charge on any atom is 0.337 e. The van der Waals surface area contributed by atoms with E-state index in [1.54, 1.807) is 16.5 Å². The molecular weight excluding hydrogens is 320 g/mol. The average molecular weight is 331 g/mol. The number of hydrogen-bond donors (Lipinski definition) is 1. The fraction of sp³-hybridized carbons (Fsp3) is 0.0667. The van der Waals surface area contributed by atoms with Crippen LogP contribution < -0.4 is 0 Å². The van der Waals surface area contributed by atoms with Crippen molar-refractivity contribution in [3.63, 3.8) is 0 Å². The van der Waals surface area contributed by atoms with E-state index < -0.39 is 5.97 Å². The Bertz CT molecular complexity index is 824. The largest absolute Gasteiger partial charge is 0.478 e. The van der Waals surface area contributed by atoms with Crippen LogP contribution in [0.2, 0.25) is 0 Å². The van der Waals surface area contributed by atoms with Gasteiger partial charge in [-0.3, -0.25) is 4.40 Å². The van der Waals surface area contributed by atoms with Crippen molar-refractivity contribution < 1.29 is 9.90 Å². The number of pyridine rings is 1. The van der Waals surface area contributed by atoms with Crippen LogP contribution in [-0.4, -0.2) is 20.5 Å². The number of benzene rings is 1. The Balaban J connectivity index is 2.38. The van der Waals surface area contributed by atoms with E-state index in [0.29, 0.717) is 10.1 Å². The zero-order chi connectivity index (χ0) is 14.3. The summed E-state index contributed by atoms with van der Waals surface area (Å²) in [4.78, 5) is 15.8. The van der Waals surface area contributed by atoms with Crippen LogP contribution in [0, 0.1) is 6.92 Å². The highest BCUT2D eigenvalue weighted by Crippen LogP contribution is 2.29. The first-order valence-electron chi connectivity index (χ1n) is 6.05. The van der Waals surface area contributed by atoms with Gasteiger partial charge in [0.1, 0.15) is 10.4 Å². The van der Waals surface area contributed by atoms with Gasteiger partial charge in [-0.25, -0.2) is 9.78 Å². The van der Waals surface area contributed by atoms with Crippen molar-refractivity contribution in [2.45, 2.75) is 6.92 Å². The summed E-state index contributed by atoms with van der Waals surface area (Å²) in [5.41, 5.74) is 2.87. The van der Waals surface area contributed by atoms with Gasteiger partial charge in [0.25, 0.3) is 0 Å². The van der Waals surface area contributed by atoms with Crippen LogP contribution in [0.15, 0.2) is 47.2 Å². The fourth-order valence-electron chi connectivity index (χ4n) is 2.28. The lowest BCUT2D eigenvalue weighted by atomic mass is 10.1. The molecule has 0 atom stereocenters. The summed E-state index contributed by atoms with van der Waals surface area (Å²) in [6.45, 7) is 2.01. The van der Waals surface area contributed by atoms with E-state index in [1.165, 1.54) is 0 Å². The molecule has 4 nitrogen and oxygen atoms in total. The van der Waals surface area contributed by atoms with Gasteiger partial charge in [-0.15, -0.1) is 0 Å². The molecule has 3 rings (SSSR count). The first-order valence-corrected chi connectivity index (χ1v) is 6.85. The van der Waals surface area contributed by atoms with Gasteiger partial charge in [-0.05, 0) is 40.5 Å². The highest BCUT2D eigenvalue weighted by molar-refractivity contribution is 9.10. The molecule has 2 aromatic heterocycles. The maximum atomic E-state index is 11.3. The summed E-state index contributed by atoms with van der Waals surface area (Å²) < 4.78 is 2.34. The molecule has 0 aliphatic carbocycles. The Hall–Kier alpha value is -2.14. The lowest BCUT2D eigenvalue weighted by Crippen LogP contribution is -2.00. The minimum atomic E-state index is -0.965. The third kappa shape index (κ3) is 1.91. The third-order valence-electron chi connectivity index (χ3n) is 3.24. The second-order valence-electron chi connectivity index (χ2n) is 4.49. The Morgan fingerprint density at radius 2 is 2.00 bits per heavy atom. The van der Waals surface area contributed by atoms with Gasteiger partial charge in [-0.2, -0.15) is 0 Å². The minimum absolute atomic E-state index is 0.228. The second kappa shape index (κ2) is 4.76. The molecule has 0 radical (unpaired) electrons. The number of halogens is 1. The number of carboxylic acid groups (broad SMARTS) is 1. The molecule has 1 aromatic carbocycles. The van der Waals surface area contributed by atoms with Crippen molar-refractivity contribution in [3.05, 3.63) is 58.3 Å². The van der Waals surface area contributed by atoms with Crippen molar-refractivity contribution in [3.8, 4) is 11.4 Å². The van der Waals surface area contributed by atoms with Gasteiger partial charge in [-0.1, -0.05) is 24.3 Å². The van der Waals surface area contributed by atoms with E-state index in [4.69, 9.17) is 0 Å². The molecule has 0 amide bonds. The van der Waals surface area contributed by atoms with E-state index in [0.717, 1.165) is 17.0 Å². The number of rotatable bonds is 2. The van der Waals surface area contributed by atoms with Gasteiger partial charge in [0.15, 0.2) is 0 Å². The average Bonchev–Trinajstić information content (AvgIpc) is 2.77. The SMILES string of the molecule is Cc1ccccc1-c1nc(Br)c2c(C(=O)O)cccn12. The topological polar surface area (TPSA) is 54.6 Å². The van der Waals surface area contributed by atoms with Crippen LogP contribution in [0.3, 0.4) is 0 Å². The summed E-state index contributed by atoms with van der Waals surface area (Å²) in [6.07, 6.45) is 1.82. The van der Waals surface area contributed by atoms with E-state index in [2.05, 4.69) is 20.9 Å². The fourth-order valence-corrected chi connectivity index (χ4v) is 2.85. The summed E-state index contributed by atoms with van der Waals surface area (Å²) >= 11 is 3.36. The van der Waals surface area contributed by atoms with Crippen molar-refractivity contribution in [2.24, 2.45) is 0 Å². The standard InChI is InChI=1S/C15H11BrN2O2/c1-9-5-2-3-6-10(9)14-17-13(16)12-11(15(19)20)7-4-8-18(12)14/h2-8H,1H3,(H,19,20). The van der Waals surface area contributed by atoms with Crippen LogP contribution in [0.4, 0.5) is 0 Å². The number of aromatic nitrogens is 2. The molecule has 20 heavy (non-hydrogen) atoms. The number of aryl methyl sites for hydroxylation is 1. The maximum absolute atomic E-state index is 11.3. The minimum Gasteiger partial charge on any atom is -0.478 e. The molecule has 5 heteroatoms. The molecule has 0 fully saturated rings. The van der Waals surface area contributed by atoms with Crippen molar-refractivity contribution in [1.29, 1.82) is 0 Å². The number of carboxylic acids is 1. The van der Waals surface area contributed by atoms with E-state index >= 15 is 0 Å². The molecule has 1 N–H and O–H groups in total. The first-order chi connectivity index (χ1) is 9.59. The van der Waals surface area contributed by atoms with Crippen LogP contribution in [0.25, 0.3) is 16.9 Å². The molecule has 0 bridgehead atoms. The Kier molecular flexibility index (Phi) is 3.06. The lowest BCUT2D eigenvalue weighted by molar-refractivity contribution is 0.0698. The molecule has 100 valence electrons. The van der Waals surface area contributed by atoms with Crippen LogP contribution in [0.1, 0.15) is 15.9 Å². The zero-order valence-corrected chi connectivity index (χ0v) is 12.3. The molecule has 0 saturated carbocycles. The molecular formula is C15H11BrN2O2. The molecule has 0 aliphatic rings. The van der Waals surface area contributed by atoms with Gasteiger partial charge in [0.2, 0.25) is 0 Å². The monoisotopic (exact) mass is 330 g/mol. The zero-order valence-electron chi connectivity index (χ0n) is 10.7. The van der Waals surface area contributed by atoms with Crippen LogP contribution >= 0.6 is 15.9 Å². The highest BCUT2D eigenvalue weighted by atomic mass is 79.9. The summed E-state index contributed by atoms with van der Waals surface area (Å²) in [5.74, 6) is -0.236. The molecule has 0 spiro atoms. The Morgan fingerprint density at radius 1 is 1.25 bits per heavy atom. The summed E-state index contributed by atoms with van der Waals surface area (Å²) in [7, 11) is 0.